The molecule has 0 spiro atoms. The molecular formula is C2H6OUW-2. The van der Waals surface area contributed by atoms with Gasteiger partial charge in [0.2, 0.25) is 0 Å². The van der Waals surface area contributed by atoms with Gasteiger partial charge in [0.1, 0.15) is 0 Å². The Labute approximate surface area is 71.2 Å². The first-order valence-electron chi connectivity index (χ1n) is 0.316. The molecule has 0 fully saturated rings. The number of hydrogen-bond acceptors (Lipinski definition) is 1. The summed E-state index contributed by atoms with van der Waals surface area (Å²) in [5.74, 6) is 0. The molecule has 1 nitrogen and oxygen atoms in total. The van der Waals surface area contributed by atoms with Crippen LogP contribution in [0.15, 0.2) is 0 Å². The standard InChI is InChI=1S/CH3O.CH3.U.W/c1-2;;;/h2H,1H2;1H3;;/q2*-1;;. The van der Waals surface area contributed by atoms with Crippen LogP contribution in [0, 0.1) is 45.6 Å². The van der Waals surface area contributed by atoms with Gasteiger partial charge < -0.3 is 12.5 Å². The van der Waals surface area contributed by atoms with Gasteiger partial charge in [0, 0.05) is 52.2 Å². The Morgan fingerprint density at radius 3 is 1.20 bits per heavy atom. The van der Waals surface area contributed by atoms with Gasteiger partial charge in [0.05, 0.1) is 0 Å². The van der Waals surface area contributed by atoms with Crippen molar-refractivity contribution in [1.82, 2.24) is 0 Å². The van der Waals surface area contributed by atoms with Gasteiger partial charge in [-0.1, -0.05) is 0 Å². The van der Waals surface area contributed by atoms with Gasteiger partial charge in [-0.2, -0.15) is 0 Å². The molecule has 5 heavy (non-hydrogen) atoms. The summed E-state index contributed by atoms with van der Waals surface area (Å²) in [4.78, 5) is 0. The molecule has 0 aromatic heterocycles. The Balaban J connectivity index is -0.00000000167. The summed E-state index contributed by atoms with van der Waals surface area (Å²) < 4.78 is 0. The van der Waals surface area contributed by atoms with E-state index >= 15 is 0 Å². The van der Waals surface area contributed by atoms with E-state index < -0.39 is 0 Å². The van der Waals surface area contributed by atoms with Gasteiger partial charge >= 0.3 is 0 Å². The molecule has 0 bridgehead atoms. The number of aliphatic hydroxyl groups is 1. The fourth-order valence-electron chi connectivity index (χ4n) is 0. The monoisotopic (exact) mass is 468 g/mol. The zero-order valence-corrected chi connectivity index (χ0v) is 10.2. The van der Waals surface area contributed by atoms with Gasteiger partial charge in [-0.15, -0.1) is 0 Å². The van der Waals surface area contributed by atoms with E-state index in [-0.39, 0.29) is 59.6 Å². The van der Waals surface area contributed by atoms with E-state index in [1.54, 1.807) is 0 Å². The third-order valence-corrected chi connectivity index (χ3v) is 0. The zero-order chi connectivity index (χ0) is 2.00. The maximum absolute atomic E-state index is 6.75. The normalized spacial score (nSPS) is 1.20. The summed E-state index contributed by atoms with van der Waals surface area (Å²) in [5.41, 5.74) is 0. The van der Waals surface area contributed by atoms with Crippen LogP contribution in [0.3, 0.4) is 0 Å². The zero-order valence-electron chi connectivity index (χ0n) is 3.06. The maximum atomic E-state index is 6.75. The van der Waals surface area contributed by atoms with Crippen molar-refractivity contribution in [3.8, 4) is 0 Å². The molecule has 0 rings (SSSR count). The molecule has 0 aliphatic rings. The van der Waals surface area contributed by atoms with Gasteiger partial charge in [0.25, 0.3) is 0 Å². The SMILES string of the molecule is [CH2-]O.[CH3-].[U].[W]. The number of aliphatic hydroxyl groups excluding tert-OH is 1. The van der Waals surface area contributed by atoms with Crippen LogP contribution in [-0.2, 0) is 21.1 Å². The maximum Gasteiger partial charge on any atom is 0 e. The topological polar surface area (TPSA) is 20.2 Å². The Hall–Kier alpha value is 1.70. The fraction of sp³-hybridized carbons (Fsp3) is 0. The van der Waals surface area contributed by atoms with Crippen molar-refractivity contribution < 1.29 is 57.3 Å². The predicted molar refractivity (Wildman–Crippen MR) is 13.7 cm³/mol. The Bertz CT molecular complexity index is 9.61. The first kappa shape index (κ1) is 29.9. The van der Waals surface area contributed by atoms with Gasteiger partial charge in [-0.05, 0) is 0 Å². The van der Waals surface area contributed by atoms with Crippen LogP contribution in [-0.4, -0.2) is 5.11 Å². The van der Waals surface area contributed by atoms with E-state index in [9.17, 15) is 0 Å². The molecule has 0 saturated heterocycles. The van der Waals surface area contributed by atoms with Gasteiger partial charge in [-0.3, -0.25) is 0 Å². The molecule has 0 aliphatic heterocycles. The van der Waals surface area contributed by atoms with Crippen molar-refractivity contribution in [3.63, 3.8) is 0 Å². The van der Waals surface area contributed by atoms with Crippen LogP contribution in [0.2, 0.25) is 0 Å². The first-order chi connectivity index (χ1) is 1.00. The molecule has 1 N–H and O–H groups in total. The average molecular weight is 468 g/mol. The second-order valence-electron chi connectivity index (χ2n) is 0. The summed E-state index contributed by atoms with van der Waals surface area (Å²) in [7, 11) is 2.25. The third-order valence-electron chi connectivity index (χ3n) is 0. The predicted octanol–water partition coefficient (Wildman–Crippen LogP) is 0.598. The fourth-order valence-corrected chi connectivity index (χ4v) is 0. The summed E-state index contributed by atoms with van der Waals surface area (Å²) in [6.07, 6.45) is 0. The molecular weight excluding hydrogens is 462 g/mol. The second-order valence-corrected chi connectivity index (χ2v) is 0. The van der Waals surface area contributed by atoms with Gasteiger partial charge in [-0.25, -0.2) is 7.11 Å². The molecule has 0 amide bonds. The summed E-state index contributed by atoms with van der Waals surface area (Å²) in [5, 5.41) is 6.75. The van der Waals surface area contributed by atoms with Crippen molar-refractivity contribution in [2.75, 3.05) is 0 Å². The van der Waals surface area contributed by atoms with Gasteiger partial charge in [0.15, 0.2) is 0 Å². The van der Waals surface area contributed by atoms with Crippen molar-refractivity contribution in [1.29, 1.82) is 0 Å². The van der Waals surface area contributed by atoms with Crippen LogP contribution in [0.5, 0.6) is 0 Å². The molecule has 3 heteroatoms. The number of hydrogen-bond donors (Lipinski definition) is 1. The van der Waals surface area contributed by atoms with Crippen LogP contribution < -0.4 is 0 Å². The molecule has 0 aromatic carbocycles. The molecule has 0 unspecified atom stereocenters. The van der Waals surface area contributed by atoms with E-state index in [0.717, 1.165) is 0 Å². The molecule has 32 valence electrons. The Kier molecular flexibility index (Phi) is 260. The van der Waals surface area contributed by atoms with Crippen LogP contribution in [0.25, 0.3) is 0 Å². The smallest absolute Gasteiger partial charge is 0 e. The summed E-state index contributed by atoms with van der Waals surface area (Å²) in [6.45, 7) is 0. The average Bonchev–Trinajstić information content (AvgIpc) is 1.00. The van der Waals surface area contributed by atoms with E-state index in [0.29, 0.717) is 0 Å². The van der Waals surface area contributed by atoms with E-state index in [2.05, 4.69) is 7.11 Å². The first-order valence-corrected chi connectivity index (χ1v) is 0.316. The van der Waals surface area contributed by atoms with E-state index in [1.807, 2.05) is 0 Å². The van der Waals surface area contributed by atoms with Crippen LogP contribution in [0.4, 0.5) is 0 Å². The second kappa shape index (κ2) is 43.6. The summed E-state index contributed by atoms with van der Waals surface area (Å²) >= 11 is 0. The van der Waals surface area contributed by atoms with Crippen molar-refractivity contribution >= 4 is 0 Å². The van der Waals surface area contributed by atoms with Crippen molar-refractivity contribution in [3.05, 3.63) is 14.5 Å². The third kappa shape index (κ3) is 27.0. The van der Waals surface area contributed by atoms with E-state index in [1.165, 1.54) is 0 Å². The molecule has 0 radical (unpaired) electrons. The number of rotatable bonds is 0. The largest absolute Gasteiger partial charge is 0.569 e. The Morgan fingerprint density at radius 1 is 1.20 bits per heavy atom. The molecule has 0 saturated carbocycles. The van der Waals surface area contributed by atoms with Crippen molar-refractivity contribution in [2.45, 2.75) is 0 Å². The molecule has 0 aromatic rings. The molecule has 0 aliphatic carbocycles. The van der Waals surface area contributed by atoms with E-state index in [4.69, 9.17) is 5.11 Å². The Morgan fingerprint density at radius 2 is 1.20 bits per heavy atom. The molecule has 0 heterocycles. The minimum atomic E-state index is 0. The minimum Gasteiger partial charge on any atom is -0.569 e. The summed E-state index contributed by atoms with van der Waals surface area (Å²) in [6, 6.07) is 0. The minimum absolute atomic E-state index is 0. The van der Waals surface area contributed by atoms with Crippen LogP contribution in [0.1, 0.15) is 0 Å². The quantitative estimate of drug-likeness (QED) is 0.517. The molecule has 0 atom stereocenters. The van der Waals surface area contributed by atoms with Crippen LogP contribution >= 0.6 is 0 Å². The van der Waals surface area contributed by atoms with Crippen molar-refractivity contribution in [2.24, 2.45) is 0 Å².